The van der Waals surface area contributed by atoms with Crippen LogP contribution in [0.15, 0.2) is 16.6 Å². The summed E-state index contributed by atoms with van der Waals surface area (Å²) in [5.41, 5.74) is 2.08. The first-order valence-corrected chi connectivity index (χ1v) is 8.02. The van der Waals surface area contributed by atoms with E-state index in [0.717, 1.165) is 22.3 Å². The number of nitrogens with one attached hydrogen (secondary N) is 1. The lowest BCUT2D eigenvalue weighted by molar-refractivity contribution is -0.112. The van der Waals surface area contributed by atoms with E-state index in [9.17, 15) is 9.59 Å². The lowest BCUT2D eigenvalue weighted by Crippen LogP contribution is -2.31. The number of rotatable bonds is 2. The minimum absolute atomic E-state index is 0.454. The highest BCUT2D eigenvalue weighted by Gasteiger charge is 2.30. The number of hydrogen-bond acceptors (Lipinski definition) is 4. The molecule has 2 heterocycles. The van der Waals surface area contributed by atoms with Gasteiger partial charge in [0, 0.05) is 23.3 Å². The van der Waals surface area contributed by atoms with Crippen LogP contribution in [0.5, 0.6) is 0 Å². The SMILES string of the molecule is CN(c1cc2c(cc1Br)C(=O)C(=O)N2)C1CCSC1. The van der Waals surface area contributed by atoms with Crippen molar-refractivity contribution in [3.8, 4) is 0 Å². The number of fused-ring (bicyclic) bond motifs is 1. The van der Waals surface area contributed by atoms with E-state index in [2.05, 4.69) is 33.2 Å². The number of hydrogen-bond donors (Lipinski definition) is 1. The van der Waals surface area contributed by atoms with Crippen LogP contribution in [0.1, 0.15) is 16.8 Å². The van der Waals surface area contributed by atoms with Crippen LogP contribution in [0, 0.1) is 0 Å². The first kappa shape index (κ1) is 13.0. The van der Waals surface area contributed by atoms with Gasteiger partial charge in [-0.3, -0.25) is 9.59 Å². The zero-order chi connectivity index (χ0) is 13.6. The molecule has 100 valence electrons. The standard InChI is InChI=1S/C13H13BrN2O2S/c1-16(7-2-3-19-6-7)11-5-10-8(4-9(11)14)12(17)13(18)15-10/h4-5,7H,2-3,6H2,1H3,(H,15,17,18). The molecule has 1 aromatic carbocycles. The van der Waals surface area contributed by atoms with Crippen molar-refractivity contribution >= 4 is 50.8 Å². The molecule has 3 rings (SSSR count). The number of carbonyl (C=O) groups is 2. The van der Waals surface area contributed by atoms with E-state index >= 15 is 0 Å². The van der Waals surface area contributed by atoms with Crippen LogP contribution < -0.4 is 10.2 Å². The largest absolute Gasteiger partial charge is 0.370 e. The molecule has 0 radical (unpaired) electrons. The van der Waals surface area contributed by atoms with E-state index in [1.807, 2.05) is 17.8 Å². The molecule has 1 saturated heterocycles. The second-order valence-electron chi connectivity index (χ2n) is 4.76. The maximum absolute atomic E-state index is 11.6. The summed E-state index contributed by atoms with van der Waals surface area (Å²) in [6.07, 6.45) is 1.16. The number of benzene rings is 1. The molecule has 1 fully saturated rings. The molecule has 0 spiro atoms. The van der Waals surface area contributed by atoms with Gasteiger partial charge < -0.3 is 10.2 Å². The van der Waals surface area contributed by atoms with Gasteiger partial charge in [0.15, 0.2) is 0 Å². The molecule has 19 heavy (non-hydrogen) atoms. The van der Waals surface area contributed by atoms with Gasteiger partial charge in [-0.2, -0.15) is 11.8 Å². The molecule has 2 aliphatic heterocycles. The topological polar surface area (TPSA) is 49.4 Å². The number of Topliss-reactive ketones (excluding diaryl/α,β-unsaturated/α-hetero) is 1. The minimum Gasteiger partial charge on any atom is -0.370 e. The van der Waals surface area contributed by atoms with Crippen LogP contribution in [0.3, 0.4) is 0 Å². The predicted molar refractivity (Wildman–Crippen MR) is 81.2 cm³/mol. The summed E-state index contributed by atoms with van der Waals surface area (Å²) in [6, 6.07) is 4.13. The molecule has 0 aliphatic carbocycles. The van der Waals surface area contributed by atoms with Crippen molar-refractivity contribution in [3.05, 3.63) is 22.2 Å². The highest BCUT2D eigenvalue weighted by Crippen LogP contribution is 2.37. The minimum atomic E-state index is -0.543. The summed E-state index contributed by atoms with van der Waals surface area (Å²) in [5, 5.41) is 2.62. The number of nitrogens with zero attached hydrogens (tertiary/aromatic N) is 1. The summed E-state index contributed by atoms with van der Waals surface area (Å²) in [7, 11) is 2.06. The van der Waals surface area contributed by atoms with Crippen molar-refractivity contribution < 1.29 is 9.59 Å². The summed E-state index contributed by atoms with van der Waals surface area (Å²) in [6.45, 7) is 0. The summed E-state index contributed by atoms with van der Waals surface area (Å²) in [4.78, 5) is 25.2. The summed E-state index contributed by atoms with van der Waals surface area (Å²) < 4.78 is 0.857. The normalized spacial score (nSPS) is 21.5. The van der Waals surface area contributed by atoms with E-state index in [4.69, 9.17) is 0 Å². The third-order valence-electron chi connectivity index (χ3n) is 3.62. The van der Waals surface area contributed by atoms with Gasteiger partial charge >= 0.3 is 0 Å². The highest BCUT2D eigenvalue weighted by atomic mass is 79.9. The maximum Gasteiger partial charge on any atom is 0.296 e. The Bertz CT molecular complexity index is 570. The van der Waals surface area contributed by atoms with Crippen molar-refractivity contribution in [1.29, 1.82) is 0 Å². The number of thioether (sulfide) groups is 1. The van der Waals surface area contributed by atoms with E-state index in [1.165, 1.54) is 5.75 Å². The van der Waals surface area contributed by atoms with Crippen molar-refractivity contribution in [3.63, 3.8) is 0 Å². The second kappa shape index (κ2) is 4.83. The van der Waals surface area contributed by atoms with Crippen LogP contribution in [0.2, 0.25) is 0 Å². The lowest BCUT2D eigenvalue weighted by Gasteiger charge is -2.27. The summed E-state index contributed by atoms with van der Waals surface area (Å²) >= 11 is 5.46. The van der Waals surface area contributed by atoms with Crippen molar-refractivity contribution in [2.75, 3.05) is 28.8 Å². The van der Waals surface area contributed by atoms with Crippen LogP contribution in [0.4, 0.5) is 11.4 Å². The maximum atomic E-state index is 11.6. The number of halogens is 1. The number of carbonyl (C=O) groups excluding carboxylic acids is 2. The van der Waals surface area contributed by atoms with Crippen molar-refractivity contribution in [2.45, 2.75) is 12.5 Å². The van der Waals surface area contributed by atoms with Crippen LogP contribution in [-0.2, 0) is 4.79 Å². The van der Waals surface area contributed by atoms with Crippen LogP contribution in [0.25, 0.3) is 0 Å². The van der Waals surface area contributed by atoms with Crippen LogP contribution in [-0.4, -0.2) is 36.3 Å². The predicted octanol–water partition coefficient (Wildman–Crippen LogP) is 2.53. The lowest BCUT2D eigenvalue weighted by atomic mass is 10.1. The number of ketones is 1. The smallest absolute Gasteiger partial charge is 0.296 e. The molecule has 0 aromatic heterocycles. The van der Waals surface area contributed by atoms with Crippen LogP contribution >= 0.6 is 27.7 Å². The van der Waals surface area contributed by atoms with E-state index in [1.54, 1.807) is 6.07 Å². The van der Waals surface area contributed by atoms with Gasteiger partial charge in [-0.1, -0.05) is 0 Å². The van der Waals surface area contributed by atoms with Crippen molar-refractivity contribution in [1.82, 2.24) is 0 Å². The average molecular weight is 341 g/mol. The molecule has 4 nitrogen and oxygen atoms in total. The number of anilines is 2. The van der Waals surface area contributed by atoms with E-state index in [0.29, 0.717) is 17.3 Å². The fraction of sp³-hybridized carbons (Fsp3) is 0.385. The fourth-order valence-electron chi connectivity index (χ4n) is 2.45. The zero-order valence-corrected chi connectivity index (χ0v) is 12.8. The first-order chi connectivity index (χ1) is 9.08. The van der Waals surface area contributed by atoms with Gasteiger partial charge in [-0.25, -0.2) is 0 Å². The summed E-state index contributed by atoms with van der Waals surface area (Å²) in [5.74, 6) is 1.30. The molecule has 1 N–H and O–H groups in total. The first-order valence-electron chi connectivity index (χ1n) is 6.07. The monoisotopic (exact) mass is 340 g/mol. The molecule has 1 aromatic rings. The van der Waals surface area contributed by atoms with Crippen molar-refractivity contribution in [2.24, 2.45) is 0 Å². The molecule has 1 amide bonds. The van der Waals surface area contributed by atoms with Gasteiger partial charge in [-0.05, 0) is 40.2 Å². The second-order valence-corrected chi connectivity index (χ2v) is 6.76. The molecule has 6 heteroatoms. The van der Waals surface area contributed by atoms with Gasteiger partial charge in [0.2, 0.25) is 0 Å². The van der Waals surface area contributed by atoms with E-state index in [-0.39, 0.29) is 0 Å². The fourth-order valence-corrected chi connectivity index (χ4v) is 4.34. The Labute approximate surface area is 124 Å². The number of amides is 1. The van der Waals surface area contributed by atoms with Gasteiger partial charge in [0.05, 0.1) is 16.9 Å². The Kier molecular flexibility index (Phi) is 3.30. The van der Waals surface area contributed by atoms with E-state index < -0.39 is 11.7 Å². The highest BCUT2D eigenvalue weighted by molar-refractivity contribution is 9.10. The molecule has 1 unspecified atom stereocenters. The third kappa shape index (κ3) is 2.17. The molecular weight excluding hydrogens is 328 g/mol. The molecule has 0 saturated carbocycles. The molecule has 0 bridgehead atoms. The average Bonchev–Trinajstić information content (AvgIpc) is 3.00. The Morgan fingerprint density at radius 2 is 2.21 bits per heavy atom. The Hall–Kier alpha value is -1.01. The van der Waals surface area contributed by atoms with Gasteiger partial charge in [0.1, 0.15) is 0 Å². The third-order valence-corrected chi connectivity index (χ3v) is 5.40. The molecule has 1 atom stereocenters. The van der Waals surface area contributed by atoms with Gasteiger partial charge in [-0.15, -0.1) is 0 Å². The molecular formula is C13H13BrN2O2S. The van der Waals surface area contributed by atoms with Gasteiger partial charge in [0.25, 0.3) is 11.7 Å². The Balaban J connectivity index is 1.97. The zero-order valence-electron chi connectivity index (χ0n) is 10.4. The Morgan fingerprint density at radius 1 is 1.42 bits per heavy atom. The quantitative estimate of drug-likeness (QED) is 0.840. The Morgan fingerprint density at radius 3 is 2.89 bits per heavy atom. The molecule has 2 aliphatic rings.